The second-order valence-corrected chi connectivity index (χ2v) is 4.98. The van der Waals surface area contributed by atoms with E-state index in [0.717, 1.165) is 6.21 Å². The van der Waals surface area contributed by atoms with E-state index < -0.39 is 17.9 Å². The molecule has 4 N–H and O–H groups in total. The van der Waals surface area contributed by atoms with E-state index in [0.29, 0.717) is 0 Å². The predicted octanol–water partition coefficient (Wildman–Crippen LogP) is 1.40. The number of nitriles is 1. The lowest BCUT2D eigenvalue weighted by molar-refractivity contribution is -0.133. The molecule has 1 aromatic rings. The topological polar surface area (TPSA) is 143 Å². The molecule has 0 saturated heterocycles. The highest BCUT2D eigenvalue weighted by atomic mass is 16.4. The van der Waals surface area contributed by atoms with E-state index in [2.05, 4.69) is 10.5 Å². The number of oxime groups is 1. The van der Waals surface area contributed by atoms with Crippen molar-refractivity contribution in [3.63, 3.8) is 0 Å². The van der Waals surface area contributed by atoms with Crippen molar-refractivity contribution in [3.05, 3.63) is 57.9 Å². The smallest absolute Gasteiger partial charge is 0.334 e. The van der Waals surface area contributed by atoms with E-state index >= 15 is 0 Å². The van der Waals surface area contributed by atoms with Gasteiger partial charge in [-0.1, -0.05) is 23.4 Å². The predicted molar refractivity (Wildman–Crippen MR) is 82.3 cm³/mol. The van der Waals surface area contributed by atoms with Crippen LogP contribution in [0.25, 0.3) is 0 Å². The Morgan fingerprint density at radius 2 is 1.88 bits per heavy atom. The Morgan fingerprint density at radius 1 is 1.25 bits per heavy atom. The van der Waals surface area contributed by atoms with Crippen molar-refractivity contribution in [2.24, 2.45) is 5.16 Å². The van der Waals surface area contributed by atoms with Crippen LogP contribution in [0.2, 0.25) is 0 Å². The van der Waals surface area contributed by atoms with Crippen LogP contribution >= 0.6 is 0 Å². The Kier molecular flexibility index (Phi) is 4.65. The Balaban J connectivity index is 2.85. The van der Waals surface area contributed by atoms with Gasteiger partial charge in [-0.15, -0.1) is 0 Å². The summed E-state index contributed by atoms with van der Waals surface area (Å²) in [6, 6.07) is 8.11. The molecule has 0 bridgehead atoms. The number of rotatable bonds is 4. The molecule has 0 aliphatic carbocycles. The number of allylic oxidation sites excluding steroid dienone is 2. The van der Waals surface area contributed by atoms with Crippen LogP contribution in [0.1, 0.15) is 24.0 Å². The summed E-state index contributed by atoms with van der Waals surface area (Å²) in [6.45, 7) is 1.47. The molecule has 0 fully saturated rings. The van der Waals surface area contributed by atoms with E-state index in [1.165, 1.54) is 19.1 Å². The second kappa shape index (κ2) is 6.66. The summed E-state index contributed by atoms with van der Waals surface area (Å²) in [6.07, 6.45) is 0.883. The molecule has 0 spiro atoms. The van der Waals surface area contributed by atoms with Gasteiger partial charge in [-0.05, 0) is 18.6 Å². The van der Waals surface area contributed by atoms with Gasteiger partial charge in [0.2, 0.25) is 0 Å². The molecule has 1 aromatic carbocycles. The number of hydrogen-bond acceptors (Lipinski definition) is 6. The Labute approximate surface area is 136 Å². The van der Waals surface area contributed by atoms with E-state index in [4.69, 9.17) is 5.21 Å². The standard InChI is InChI=1S/C16H13N3O5/c1-8-12(15(20)21)13(10-5-3-2-4-9(10)6-17)14(16(22)23)11(19-8)7-18-24/h2-5,7,13,19,24H,1H3,(H,20,21)(H,22,23). The normalized spacial score (nSPS) is 17.6. The summed E-state index contributed by atoms with van der Waals surface area (Å²) in [5.74, 6) is -3.89. The zero-order valence-corrected chi connectivity index (χ0v) is 12.5. The molecule has 1 aliphatic rings. The van der Waals surface area contributed by atoms with E-state index in [-0.39, 0.29) is 33.7 Å². The van der Waals surface area contributed by atoms with Gasteiger partial charge in [-0.25, -0.2) is 9.59 Å². The van der Waals surface area contributed by atoms with Crippen LogP contribution < -0.4 is 5.32 Å². The Hall–Kier alpha value is -3.60. The SMILES string of the molecule is CC1=C(C(=O)O)C(c2ccccc2C#N)C(C(=O)O)=C(C=NO)N1. The Morgan fingerprint density at radius 3 is 2.42 bits per heavy atom. The van der Waals surface area contributed by atoms with Crippen LogP contribution in [0, 0.1) is 11.3 Å². The number of benzene rings is 1. The minimum Gasteiger partial charge on any atom is -0.478 e. The number of nitrogens with zero attached hydrogens (tertiary/aromatic N) is 2. The zero-order chi connectivity index (χ0) is 17.9. The maximum Gasteiger partial charge on any atom is 0.334 e. The molecule has 0 aromatic heterocycles. The lowest BCUT2D eigenvalue weighted by Gasteiger charge is -2.28. The zero-order valence-electron chi connectivity index (χ0n) is 12.5. The van der Waals surface area contributed by atoms with Crippen molar-refractivity contribution >= 4 is 18.2 Å². The van der Waals surface area contributed by atoms with Gasteiger partial charge in [0.15, 0.2) is 0 Å². The molecule has 8 heteroatoms. The Bertz CT molecular complexity index is 846. The number of nitrogens with one attached hydrogen (secondary N) is 1. The minimum absolute atomic E-state index is 0.0507. The van der Waals surface area contributed by atoms with Gasteiger partial charge in [0.1, 0.15) is 0 Å². The number of dihydropyridines is 1. The number of aliphatic carboxylic acids is 2. The first-order valence-electron chi connectivity index (χ1n) is 6.77. The van der Waals surface area contributed by atoms with Crippen molar-refractivity contribution in [1.82, 2.24) is 5.32 Å². The first-order chi connectivity index (χ1) is 11.4. The van der Waals surface area contributed by atoms with Crippen molar-refractivity contribution in [3.8, 4) is 6.07 Å². The highest BCUT2D eigenvalue weighted by Crippen LogP contribution is 2.39. The molecular weight excluding hydrogens is 314 g/mol. The maximum absolute atomic E-state index is 11.8. The molecule has 1 heterocycles. The fraction of sp³-hybridized carbons (Fsp3) is 0.125. The van der Waals surface area contributed by atoms with Crippen LogP contribution in [-0.2, 0) is 9.59 Å². The average Bonchev–Trinajstić information content (AvgIpc) is 2.53. The second-order valence-electron chi connectivity index (χ2n) is 4.98. The van der Waals surface area contributed by atoms with Gasteiger partial charge < -0.3 is 20.7 Å². The highest BCUT2D eigenvalue weighted by molar-refractivity contribution is 6.03. The van der Waals surface area contributed by atoms with Crippen LogP contribution in [0.5, 0.6) is 0 Å². The molecule has 1 atom stereocenters. The molecule has 8 nitrogen and oxygen atoms in total. The summed E-state index contributed by atoms with van der Waals surface area (Å²) >= 11 is 0. The van der Waals surface area contributed by atoms with E-state index in [1.807, 2.05) is 6.07 Å². The number of carboxylic acids is 2. The van der Waals surface area contributed by atoms with Crippen LogP contribution in [0.15, 0.2) is 52.0 Å². The van der Waals surface area contributed by atoms with Crippen molar-refractivity contribution in [2.75, 3.05) is 0 Å². The van der Waals surface area contributed by atoms with Gasteiger partial charge in [-0.2, -0.15) is 5.26 Å². The van der Waals surface area contributed by atoms with Crippen molar-refractivity contribution in [2.45, 2.75) is 12.8 Å². The van der Waals surface area contributed by atoms with Crippen LogP contribution in [0.4, 0.5) is 0 Å². The largest absolute Gasteiger partial charge is 0.478 e. The number of hydrogen-bond donors (Lipinski definition) is 4. The quantitative estimate of drug-likeness (QED) is 0.372. The summed E-state index contributed by atoms with van der Waals surface area (Å²) in [4.78, 5) is 23.5. The third-order valence-corrected chi connectivity index (χ3v) is 3.63. The summed E-state index contributed by atoms with van der Waals surface area (Å²) in [7, 11) is 0. The van der Waals surface area contributed by atoms with Gasteiger partial charge in [-0.3, -0.25) is 0 Å². The molecule has 1 unspecified atom stereocenters. The lowest BCUT2D eigenvalue weighted by Crippen LogP contribution is -2.32. The molecule has 0 amide bonds. The monoisotopic (exact) mass is 327 g/mol. The molecule has 24 heavy (non-hydrogen) atoms. The molecule has 122 valence electrons. The van der Waals surface area contributed by atoms with Gasteiger partial charge in [0.05, 0.1) is 40.6 Å². The molecular formula is C16H13N3O5. The first kappa shape index (κ1) is 16.8. The summed E-state index contributed by atoms with van der Waals surface area (Å²) < 4.78 is 0. The highest BCUT2D eigenvalue weighted by Gasteiger charge is 2.38. The lowest BCUT2D eigenvalue weighted by atomic mass is 9.79. The molecule has 1 aliphatic heterocycles. The number of carbonyl (C=O) groups is 2. The van der Waals surface area contributed by atoms with Gasteiger partial charge in [0, 0.05) is 5.70 Å². The number of carboxylic acid groups (broad SMARTS) is 2. The maximum atomic E-state index is 11.8. The van der Waals surface area contributed by atoms with Crippen LogP contribution in [0.3, 0.4) is 0 Å². The molecule has 0 radical (unpaired) electrons. The van der Waals surface area contributed by atoms with Crippen LogP contribution in [-0.4, -0.2) is 33.6 Å². The third kappa shape index (κ3) is 2.83. The van der Waals surface area contributed by atoms with E-state index in [9.17, 15) is 25.1 Å². The summed E-state index contributed by atoms with van der Waals surface area (Å²) in [5.41, 5.74) is 0.0450. The third-order valence-electron chi connectivity index (χ3n) is 3.63. The fourth-order valence-corrected chi connectivity index (χ4v) is 2.70. The summed E-state index contributed by atoms with van der Waals surface area (Å²) in [5, 5.41) is 42.6. The van der Waals surface area contributed by atoms with Crippen molar-refractivity contribution < 1.29 is 25.0 Å². The molecule has 2 rings (SSSR count). The van der Waals surface area contributed by atoms with Gasteiger partial charge in [0.25, 0.3) is 0 Å². The first-order valence-corrected chi connectivity index (χ1v) is 6.77. The van der Waals surface area contributed by atoms with Crippen molar-refractivity contribution in [1.29, 1.82) is 5.26 Å². The molecule has 0 saturated carbocycles. The average molecular weight is 327 g/mol. The van der Waals surface area contributed by atoms with Gasteiger partial charge >= 0.3 is 11.9 Å². The minimum atomic E-state index is -1.39. The van der Waals surface area contributed by atoms with E-state index in [1.54, 1.807) is 12.1 Å². The fourth-order valence-electron chi connectivity index (χ4n) is 2.70.